The number of rotatable bonds is 4. The molecule has 0 bridgehead atoms. The maximum absolute atomic E-state index is 13.7. The third-order valence-electron chi connectivity index (χ3n) is 4.77. The lowest BCUT2D eigenvalue weighted by atomic mass is 9.99. The normalized spacial score (nSPS) is 15.8. The van der Waals surface area contributed by atoms with E-state index in [0.29, 0.717) is 5.69 Å². The van der Waals surface area contributed by atoms with E-state index >= 15 is 0 Å². The molecule has 6 heteroatoms. The van der Waals surface area contributed by atoms with E-state index in [0.717, 1.165) is 43.2 Å². The van der Waals surface area contributed by atoms with Gasteiger partial charge in [-0.15, -0.1) is 0 Å². The molecule has 1 heterocycles. The first-order valence-corrected chi connectivity index (χ1v) is 8.70. The number of hydrogen-bond donors (Lipinski definition) is 1. The van der Waals surface area contributed by atoms with Crippen LogP contribution in [0.3, 0.4) is 0 Å². The summed E-state index contributed by atoms with van der Waals surface area (Å²) in [4.78, 5) is 14.5. The van der Waals surface area contributed by atoms with Gasteiger partial charge >= 0.3 is 0 Å². The molecule has 0 aromatic heterocycles. The molecule has 1 aliphatic heterocycles. The van der Waals surface area contributed by atoms with Crippen LogP contribution in [0.4, 0.5) is 18.9 Å². The Balaban J connectivity index is 1.62. The molecule has 138 valence electrons. The number of likely N-dealkylation sites (tertiary alicyclic amines) is 1. The van der Waals surface area contributed by atoms with Crippen molar-refractivity contribution in [1.82, 2.24) is 4.90 Å². The Morgan fingerprint density at radius 3 is 2.35 bits per heavy atom. The molecule has 26 heavy (non-hydrogen) atoms. The van der Waals surface area contributed by atoms with Gasteiger partial charge < -0.3 is 5.32 Å². The maximum atomic E-state index is 13.7. The van der Waals surface area contributed by atoms with E-state index in [1.54, 1.807) is 12.1 Å². The molecule has 1 aliphatic rings. The Morgan fingerprint density at radius 2 is 1.69 bits per heavy atom. The molecular weight excluding hydrogens is 341 g/mol. The molecular formula is C20H21F3N2O. The van der Waals surface area contributed by atoms with Crippen molar-refractivity contribution in [2.24, 2.45) is 5.92 Å². The minimum absolute atomic E-state index is 0.468. The standard InChI is InChI=1S/C20H21F3N2O/c1-13-8-10-25(11-9-13)12-14-2-4-15(5-3-14)24-20(26)16-6-7-17(21)19(23)18(16)22/h2-7,13H,8-12H2,1H3,(H,24,26). The van der Waals surface area contributed by atoms with Gasteiger partial charge in [-0.05, 0) is 61.7 Å². The van der Waals surface area contributed by atoms with Crippen LogP contribution >= 0.6 is 0 Å². The summed E-state index contributed by atoms with van der Waals surface area (Å²) < 4.78 is 39.9. The van der Waals surface area contributed by atoms with Gasteiger partial charge in [-0.3, -0.25) is 9.69 Å². The summed E-state index contributed by atoms with van der Waals surface area (Å²) in [5, 5.41) is 2.50. The van der Waals surface area contributed by atoms with Crippen LogP contribution in [-0.4, -0.2) is 23.9 Å². The molecule has 0 saturated carbocycles. The highest BCUT2D eigenvalue weighted by Crippen LogP contribution is 2.20. The first-order chi connectivity index (χ1) is 12.4. The molecule has 0 unspecified atom stereocenters. The third-order valence-corrected chi connectivity index (χ3v) is 4.77. The fourth-order valence-corrected chi connectivity index (χ4v) is 3.07. The molecule has 1 amide bonds. The zero-order valence-corrected chi connectivity index (χ0v) is 14.6. The summed E-state index contributed by atoms with van der Waals surface area (Å²) in [5.41, 5.74) is 1.06. The molecule has 0 atom stereocenters. The number of piperidine rings is 1. The first kappa shape index (κ1) is 18.5. The number of amides is 1. The van der Waals surface area contributed by atoms with E-state index in [-0.39, 0.29) is 0 Å². The van der Waals surface area contributed by atoms with Crippen LogP contribution in [0.5, 0.6) is 0 Å². The Hall–Kier alpha value is -2.34. The van der Waals surface area contributed by atoms with Crippen LogP contribution in [0.2, 0.25) is 0 Å². The van der Waals surface area contributed by atoms with Gasteiger partial charge in [0.15, 0.2) is 17.5 Å². The molecule has 3 nitrogen and oxygen atoms in total. The number of nitrogens with one attached hydrogen (secondary N) is 1. The van der Waals surface area contributed by atoms with E-state index in [1.807, 2.05) is 12.1 Å². The topological polar surface area (TPSA) is 32.3 Å². The fraction of sp³-hybridized carbons (Fsp3) is 0.350. The molecule has 0 radical (unpaired) electrons. The first-order valence-electron chi connectivity index (χ1n) is 8.70. The lowest BCUT2D eigenvalue weighted by Crippen LogP contribution is -2.32. The number of benzene rings is 2. The number of carbonyl (C=O) groups excluding carboxylic acids is 1. The van der Waals surface area contributed by atoms with Crippen LogP contribution in [0.1, 0.15) is 35.7 Å². The molecule has 2 aromatic rings. The molecule has 1 saturated heterocycles. The van der Waals surface area contributed by atoms with Crippen LogP contribution in [0.15, 0.2) is 36.4 Å². The van der Waals surface area contributed by atoms with Crippen molar-refractivity contribution in [3.05, 3.63) is 65.0 Å². The smallest absolute Gasteiger partial charge is 0.258 e. The van der Waals surface area contributed by atoms with Gasteiger partial charge in [0.25, 0.3) is 5.91 Å². The summed E-state index contributed by atoms with van der Waals surface area (Å²) in [6, 6.07) is 8.89. The zero-order valence-electron chi connectivity index (χ0n) is 14.6. The van der Waals surface area contributed by atoms with E-state index in [1.165, 1.54) is 12.8 Å². The number of carbonyl (C=O) groups is 1. The summed E-state index contributed by atoms with van der Waals surface area (Å²) in [6.07, 6.45) is 2.40. The second-order valence-electron chi connectivity index (χ2n) is 6.83. The Labute approximate surface area is 150 Å². The quantitative estimate of drug-likeness (QED) is 0.807. The van der Waals surface area contributed by atoms with E-state index in [2.05, 4.69) is 17.1 Å². The average Bonchev–Trinajstić information content (AvgIpc) is 2.63. The van der Waals surface area contributed by atoms with Crippen molar-refractivity contribution >= 4 is 11.6 Å². The highest BCUT2D eigenvalue weighted by molar-refractivity contribution is 6.04. The summed E-state index contributed by atoms with van der Waals surface area (Å²) in [6.45, 7) is 5.27. The fourth-order valence-electron chi connectivity index (χ4n) is 3.07. The summed E-state index contributed by atoms with van der Waals surface area (Å²) >= 11 is 0. The number of hydrogen-bond acceptors (Lipinski definition) is 2. The minimum atomic E-state index is -1.65. The molecule has 1 fully saturated rings. The van der Waals surface area contributed by atoms with Crippen molar-refractivity contribution in [2.75, 3.05) is 18.4 Å². The second kappa shape index (κ2) is 7.91. The van der Waals surface area contributed by atoms with Crippen molar-refractivity contribution in [2.45, 2.75) is 26.3 Å². The Morgan fingerprint density at radius 1 is 1.04 bits per heavy atom. The largest absolute Gasteiger partial charge is 0.322 e. The van der Waals surface area contributed by atoms with Crippen molar-refractivity contribution in [3.8, 4) is 0 Å². The van der Waals surface area contributed by atoms with Crippen molar-refractivity contribution in [3.63, 3.8) is 0 Å². The van der Waals surface area contributed by atoms with Gasteiger partial charge in [-0.1, -0.05) is 19.1 Å². The zero-order chi connectivity index (χ0) is 18.7. The number of nitrogens with zero attached hydrogens (tertiary/aromatic N) is 1. The molecule has 1 N–H and O–H groups in total. The van der Waals surface area contributed by atoms with Gasteiger partial charge in [0.05, 0.1) is 5.56 Å². The maximum Gasteiger partial charge on any atom is 0.258 e. The van der Waals surface area contributed by atoms with Crippen LogP contribution < -0.4 is 5.32 Å². The molecule has 0 spiro atoms. The van der Waals surface area contributed by atoms with Gasteiger partial charge in [0.1, 0.15) is 0 Å². The summed E-state index contributed by atoms with van der Waals surface area (Å²) in [7, 11) is 0. The highest BCUT2D eigenvalue weighted by Gasteiger charge is 2.19. The van der Waals surface area contributed by atoms with Crippen molar-refractivity contribution in [1.29, 1.82) is 0 Å². The van der Waals surface area contributed by atoms with Gasteiger partial charge in [0.2, 0.25) is 0 Å². The highest BCUT2D eigenvalue weighted by atomic mass is 19.2. The van der Waals surface area contributed by atoms with Crippen LogP contribution in [0, 0.1) is 23.4 Å². The van der Waals surface area contributed by atoms with Gasteiger partial charge in [0, 0.05) is 12.2 Å². The molecule has 2 aromatic carbocycles. The lowest BCUT2D eigenvalue weighted by molar-refractivity contribution is 0.102. The predicted octanol–water partition coefficient (Wildman–Crippen LogP) is 4.59. The van der Waals surface area contributed by atoms with E-state index in [9.17, 15) is 18.0 Å². The number of halogens is 3. The van der Waals surface area contributed by atoms with E-state index in [4.69, 9.17) is 0 Å². The SMILES string of the molecule is CC1CCN(Cc2ccc(NC(=O)c3ccc(F)c(F)c3F)cc2)CC1. The van der Waals surface area contributed by atoms with Gasteiger partial charge in [-0.25, -0.2) is 13.2 Å². The van der Waals surface area contributed by atoms with Crippen LogP contribution in [0.25, 0.3) is 0 Å². The monoisotopic (exact) mass is 362 g/mol. The van der Waals surface area contributed by atoms with Crippen LogP contribution in [-0.2, 0) is 6.54 Å². The average molecular weight is 362 g/mol. The van der Waals surface area contributed by atoms with E-state index < -0.39 is 28.9 Å². The van der Waals surface area contributed by atoms with Gasteiger partial charge in [-0.2, -0.15) is 0 Å². The molecule has 3 rings (SSSR count). The Kier molecular flexibility index (Phi) is 5.61. The Bertz CT molecular complexity index is 784. The summed E-state index contributed by atoms with van der Waals surface area (Å²) in [5.74, 6) is -4.50. The van der Waals surface area contributed by atoms with Crippen molar-refractivity contribution < 1.29 is 18.0 Å². The lowest BCUT2D eigenvalue weighted by Gasteiger charge is -2.30. The molecule has 0 aliphatic carbocycles. The predicted molar refractivity (Wildman–Crippen MR) is 94.4 cm³/mol. The number of anilines is 1. The third kappa shape index (κ3) is 4.25. The second-order valence-corrected chi connectivity index (χ2v) is 6.83. The minimum Gasteiger partial charge on any atom is -0.322 e.